The summed E-state index contributed by atoms with van der Waals surface area (Å²) in [5, 5.41) is 0. The maximum absolute atomic E-state index is 12.3. The molecule has 2 N–H and O–H groups in total. The zero-order valence-corrected chi connectivity index (χ0v) is 14.1. The van der Waals surface area contributed by atoms with Crippen LogP contribution in [0.15, 0.2) is 54.6 Å². The Hall–Kier alpha value is -2.66. The number of rotatable bonds is 5. The predicted octanol–water partition coefficient (Wildman–Crippen LogP) is 2.92. The van der Waals surface area contributed by atoms with E-state index < -0.39 is 5.91 Å². The van der Waals surface area contributed by atoms with Crippen molar-refractivity contribution in [2.24, 2.45) is 0 Å². The van der Waals surface area contributed by atoms with Gasteiger partial charge >= 0.3 is 0 Å². The van der Waals surface area contributed by atoms with Gasteiger partial charge in [0.25, 0.3) is 5.91 Å². The lowest BCUT2D eigenvalue weighted by Gasteiger charge is -2.22. The Balaban J connectivity index is 1.89. The van der Waals surface area contributed by atoms with E-state index >= 15 is 0 Å². The smallest absolute Gasteiger partial charge is 0.272 e. The minimum Gasteiger partial charge on any atom is -0.272 e. The fourth-order valence-corrected chi connectivity index (χ4v) is 2.34. The highest BCUT2D eigenvalue weighted by Gasteiger charge is 2.21. The highest BCUT2D eigenvalue weighted by molar-refractivity contribution is 5.95. The Bertz CT molecular complexity index is 706. The molecule has 0 aliphatic rings. The number of carbonyl (C=O) groups excluding carboxylic acids is 2. The van der Waals surface area contributed by atoms with Crippen LogP contribution in [0.2, 0.25) is 0 Å². The zero-order valence-electron chi connectivity index (χ0n) is 14.1. The fourth-order valence-electron chi connectivity index (χ4n) is 2.34. The molecule has 0 bridgehead atoms. The van der Waals surface area contributed by atoms with Crippen molar-refractivity contribution >= 4 is 11.8 Å². The van der Waals surface area contributed by atoms with Crippen LogP contribution in [-0.4, -0.2) is 11.8 Å². The highest BCUT2D eigenvalue weighted by atomic mass is 16.8. The Morgan fingerprint density at radius 1 is 0.917 bits per heavy atom. The Kier molecular flexibility index (Phi) is 5.71. The first-order chi connectivity index (χ1) is 11.4. The van der Waals surface area contributed by atoms with Gasteiger partial charge in [0.1, 0.15) is 0 Å². The average molecular weight is 326 g/mol. The largest absolute Gasteiger partial charge is 0.277 e. The summed E-state index contributed by atoms with van der Waals surface area (Å²) in [6.45, 7) is 6.09. The molecule has 0 heterocycles. The number of nitrogens with one attached hydrogen (secondary N) is 2. The lowest BCUT2D eigenvalue weighted by molar-refractivity contribution is -0.137. The van der Waals surface area contributed by atoms with Crippen molar-refractivity contribution in [3.8, 4) is 0 Å². The summed E-state index contributed by atoms with van der Waals surface area (Å²) in [4.78, 5) is 28.9. The summed E-state index contributed by atoms with van der Waals surface area (Å²) in [5.41, 5.74) is 6.58. The van der Waals surface area contributed by atoms with E-state index in [4.69, 9.17) is 4.94 Å². The molecule has 24 heavy (non-hydrogen) atoms. The van der Waals surface area contributed by atoms with Gasteiger partial charge in [-0.15, -0.1) is 0 Å². The van der Waals surface area contributed by atoms with E-state index in [0.29, 0.717) is 5.56 Å². The van der Waals surface area contributed by atoms with Gasteiger partial charge in [-0.2, -0.15) is 4.94 Å². The molecule has 0 aliphatic carbocycles. The zero-order chi connectivity index (χ0) is 17.6. The van der Waals surface area contributed by atoms with Crippen molar-refractivity contribution in [2.75, 3.05) is 0 Å². The van der Waals surface area contributed by atoms with E-state index in [-0.39, 0.29) is 17.7 Å². The van der Waals surface area contributed by atoms with E-state index in [0.717, 1.165) is 11.1 Å². The lowest BCUT2D eigenvalue weighted by atomic mass is 9.83. The van der Waals surface area contributed by atoms with Crippen molar-refractivity contribution in [1.82, 2.24) is 11.0 Å². The second-order valence-corrected chi connectivity index (χ2v) is 6.52. The number of amides is 2. The highest BCUT2D eigenvalue weighted by Crippen LogP contribution is 2.25. The maximum Gasteiger partial charge on any atom is 0.277 e. The molecular weight excluding hydrogens is 304 g/mol. The topological polar surface area (TPSA) is 67.4 Å². The van der Waals surface area contributed by atoms with Crippen molar-refractivity contribution < 1.29 is 14.5 Å². The first kappa shape index (κ1) is 17.7. The van der Waals surface area contributed by atoms with Crippen LogP contribution in [0.25, 0.3) is 0 Å². The van der Waals surface area contributed by atoms with Crippen LogP contribution in [0.3, 0.4) is 0 Å². The SMILES string of the molecule is CC(C)(C)c1ccccc1C(=O)NONC(=O)Cc1ccccc1. The minimum absolute atomic E-state index is 0.176. The molecule has 5 nitrogen and oxygen atoms in total. The Morgan fingerprint density at radius 3 is 2.21 bits per heavy atom. The van der Waals surface area contributed by atoms with E-state index in [1.54, 1.807) is 12.1 Å². The molecule has 0 spiro atoms. The van der Waals surface area contributed by atoms with Crippen LogP contribution in [-0.2, 0) is 21.6 Å². The predicted molar refractivity (Wildman–Crippen MR) is 92.0 cm³/mol. The Morgan fingerprint density at radius 2 is 1.54 bits per heavy atom. The molecule has 0 aromatic heterocycles. The summed E-state index contributed by atoms with van der Waals surface area (Å²) in [7, 11) is 0. The van der Waals surface area contributed by atoms with E-state index in [9.17, 15) is 9.59 Å². The van der Waals surface area contributed by atoms with Crippen molar-refractivity contribution in [3.63, 3.8) is 0 Å². The van der Waals surface area contributed by atoms with E-state index in [1.165, 1.54) is 0 Å². The van der Waals surface area contributed by atoms with Gasteiger partial charge in [-0.25, -0.2) is 11.0 Å². The number of hydrogen-bond acceptors (Lipinski definition) is 3. The molecule has 2 rings (SSSR count). The minimum atomic E-state index is -0.402. The maximum atomic E-state index is 12.3. The van der Waals surface area contributed by atoms with Gasteiger partial charge in [-0.1, -0.05) is 69.3 Å². The van der Waals surface area contributed by atoms with Crippen LogP contribution in [0.4, 0.5) is 0 Å². The van der Waals surface area contributed by atoms with Gasteiger partial charge in [-0.05, 0) is 22.6 Å². The van der Waals surface area contributed by atoms with Gasteiger partial charge in [0.05, 0.1) is 6.42 Å². The molecular formula is C19H22N2O3. The lowest BCUT2D eigenvalue weighted by Crippen LogP contribution is -2.36. The molecule has 0 aliphatic heterocycles. The van der Waals surface area contributed by atoms with Crippen LogP contribution in [0.5, 0.6) is 0 Å². The van der Waals surface area contributed by atoms with Crippen LogP contribution >= 0.6 is 0 Å². The van der Waals surface area contributed by atoms with Crippen molar-refractivity contribution in [2.45, 2.75) is 32.6 Å². The molecule has 0 radical (unpaired) electrons. The summed E-state index contributed by atoms with van der Waals surface area (Å²) in [6.07, 6.45) is 0.176. The molecule has 0 fully saturated rings. The molecule has 0 saturated heterocycles. The summed E-state index contributed by atoms with van der Waals surface area (Å²) >= 11 is 0. The average Bonchev–Trinajstić information content (AvgIpc) is 2.55. The summed E-state index contributed by atoms with van der Waals surface area (Å²) < 4.78 is 0. The second kappa shape index (κ2) is 7.75. The molecule has 0 atom stereocenters. The number of hydrogen-bond donors (Lipinski definition) is 2. The monoisotopic (exact) mass is 326 g/mol. The van der Waals surface area contributed by atoms with Crippen molar-refractivity contribution in [1.29, 1.82) is 0 Å². The fraction of sp³-hybridized carbons (Fsp3) is 0.263. The van der Waals surface area contributed by atoms with Crippen LogP contribution in [0, 0.1) is 0 Å². The molecule has 2 amide bonds. The van der Waals surface area contributed by atoms with Gasteiger partial charge in [0.15, 0.2) is 0 Å². The van der Waals surface area contributed by atoms with Gasteiger partial charge < -0.3 is 0 Å². The number of carbonyl (C=O) groups is 2. The number of hydroxylamine groups is 2. The van der Waals surface area contributed by atoms with Gasteiger partial charge in [0.2, 0.25) is 5.91 Å². The second-order valence-electron chi connectivity index (χ2n) is 6.52. The molecule has 2 aromatic carbocycles. The molecule has 0 unspecified atom stereocenters. The number of benzene rings is 2. The normalized spacial score (nSPS) is 11.0. The first-order valence-electron chi connectivity index (χ1n) is 7.76. The van der Waals surface area contributed by atoms with Crippen LogP contribution < -0.4 is 11.0 Å². The standard InChI is InChI=1S/C19H22N2O3/c1-19(2,3)16-12-8-7-11-15(16)18(23)21-24-20-17(22)13-14-9-5-4-6-10-14/h4-12H,13H2,1-3H3,(H,20,22)(H,21,23). The van der Waals surface area contributed by atoms with E-state index in [2.05, 4.69) is 11.0 Å². The third-order valence-electron chi connectivity index (χ3n) is 3.50. The third-order valence-corrected chi connectivity index (χ3v) is 3.50. The first-order valence-corrected chi connectivity index (χ1v) is 7.76. The van der Waals surface area contributed by atoms with Crippen molar-refractivity contribution in [3.05, 3.63) is 71.3 Å². The van der Waals surface area contributed by atoms with Gasteiger partial charge in [0, 0.05) is 5.56 Å². The molecule has 2 aromatic rings. The third kappa shape index (κ3) is 4.93. The van der Waals surface area contributed by atoms with E-state index in [1.807, 2.05) is 63.2 Å². The molecule has 5 heteroatoms. The Labute approximate surface area is 141 Å². The quantitative estimate of drug-likeness (QED) is 0.830. The van der Waals surface area contributed by atoms with Gasteiger partial charge in [-0.3, -0.25) is 9.59 Å². The van der Waals surface area contributed by atoms with Crippen LogP contribution in [0.1, 0.15) is 42.3 Å². The summed E-state index contributed by atoms with van der Waals surface area (Å²) in [6, 6.07) is 16.6. The molecule has 126 valence electrons. The summed E-state index contributed by atoms with van der Waals surface area (Å²) in [5.74, 6) is -0.744. The molecule has 0 saturated carbocycles.